The topological polar surface area (TPSA) is 35.2 Å². The molecule has 1 aromatic rings. The quantitative estimate of drug-likeness (QED) is 0.872. The summed E-state index contributed by atoms with van der Waals surface area (Å²) in [4.78, 5) is 0. The second-order valence-corrected chi connectivity index (χ2v) is 9.20. The van der Waals surface area contributed by atoms with Gasteiger partial charge in [-0.15, -0.1) is 0 Å². The highest BCUT2D eigenvalue weighted by atomic mass is 16.5. The van der Waals surface area contributed by atoms with Crippen molar-refractivity contribution >= 4 is 0 Å². The van der Waals surface area contributed by atoms with Crippen LogP contribution in [0.1, 0.15) is 64.4 Å². The summed E-state index contributed by atoms with van der Waals surface area (Å²) in [6.07, 6.45) is 10.2. The molecule has 2 bridgehead atoms. The molecule has 2 heteroatoms. The van der Waals surface area contributed by atoms with Gasteiger partial charge < -0.3 is 10.5 Å². The first-order chi connectivity index (χ1) is 11.5. The van der Waals surface area contributed by atoms with Crippen molar-refractivity contribution in [2.45, 2.75) is 82.5 Å². The number of rotatable bonds is 3. The van der Waals surface area contributed by atoms with Crippen LogP contribution in [0.4, 0.5) is 0 Å². The molecular formula is C22H33NO. The average Bonchev–Trinajstić information content (AvgIpc) is 2.55. The van der Waals surface area contributed by atoms with Crippen LogP contribution in [-0.4, -0.2) is 17.2 Å². The zero-order valence-electron chi connectivity index (χ0n) is 15.3. The van der Waals surface area contributed by atoms with Crippen LogP contribution in [0.3, 0.4) is 0 Å². The van der Waals surface area contributed by atoms with Gasteiger partial charge >= 0.3 is 0 Å². The maximum atomic E-state index is 6.79. The summed E-state index contributed by atoms with van der Waals surface area (Å²) in [6.45, 7) is 4.55. The molecule has 0 amide bonds. The van der Waals surface area contributed by atoms with Crippen LogP contribution in [0.15, 0.2) is 30.3 Å². The normalized spacial score (nSPS) is 41.3. The molecule has 2 aliphatic heterocycles. The van der Waals surface area contributed by atoms with Crippen molar-refractivity contribution in [2.24, 2.45) is 23.5 Å². The van der Waals surface area contributed by atoms with Gasteiger partial charge in [0.15, 0.2) is 0 Å². The Morgan fingerprint density at radius 3 is 2.62 bits per heavy atom. The molecular weight excluding hydrogens is 294 g/mol. The number of ether oxygens (including phenoxy) is 1. The molecule has 0 spiro atoms. The van der Waals surface area contributed by atoms with Crippen molar-refractivity contribution in [3.8, 4) is 0 Å². The van der Waals surface area contributed by atoms with Crippen LogP contribution in [0, 0.1) is 17.8 Å². The van der Waals surface area contributed by atoms with Gasteiger partial charge in [-0.2, -0.15) is 0 Å². The lowest BCUT2D eigenvalue weighted by Crippen LogP contribution is -2.66. The second kappa shape index (κ2) is 6.14. The maximum Gasteiger partial charge on any atom is 0.0733 e. The summed E-state index contributed by atoms with van der Waals surface area (Å²) < 4.78 is 6.79. The highest BCUT2D eigenvalue weighted by Crippen LogP contribution is 2.55. The van der Waals surface area contributed by atoms with E-state index in [1.807, 2.05) is 0 Å². The van der Waals surface area contributed by atoms with Crippen LogP contribution < -0.4 is 5.73 Å². The van der Waals surface area contributed by atoms with Gasteiger partial charge in [0, 0.05) is 12.0 Å². The number of hydrogen-bond acceptors (Lipinski definition) is 2. The van der Waals surface area contributed by atoms with Crippen molar-refractivity contribution in [1.29, 1.82) is 0 Å². The monoisotopic (exact) mass is 327 g/mol. The van der Waals surface area contributed by atoms with E-state index in [1.54, 1.807) is 0 Å². The molecule has 1 aromatic carbocycles. The summed E-state index contributed by atoms with van der Waals surface area (Å²) in [6, 6.07) is 11.3. The fourth-order valence-corrected chi connectivity index (χ4v) is 6.17. The molecule has 2 heterocycles. The Hall–Kier alpha value is -0.860. The Bertz CT molecular complexity index is 569. The molecule has 0 aromatic heterocycles. The Kier molecular flexibility index (Phi) is 4.25. The first-order valence-electron chi connectivity index (χ1n) is 9.98. The molecule has 24 heavy (non-hydrogen) atoms. The predicted octanol–water partition coefficient (Wildman–Crippen LogP) is 4.71. The van der Waals surface area contributed by atoms with Crippen LogP contribution >= 0.6 is 0 Å². The highest BCUT2D eigenvalue weighted by molar-refractivity contribution is 5.16. The van der Waals surface area contributed by atoms with Gasteiger partial charge in [-0.3, -0.25) is 0 Å². The maximum absolute atomic E-state index is 6.79. The minimum atomic E-state index is -0.0394. The first-order valence-corrected chi connectivity index (χ1v) is 9.98. The molecule has 132 valence electrons. The van der Waals surface area contributed by atoms with Crippen LogP contribution in [-0.2, 0) is 11.2 Å². The lowest BCUT2D eigenvalue weighted by atomic mass is 9.59. The van der Waals surface area contributed by atoms with Crippen LogP contribution in [0.5, 0.6) is 0 Å². The standard InChI is InChI=1S/C22H33NO/c1-21(2)19-11-12-22(24-21,15-20(19)23)18-10-6-9-17(14-18)13-16-7-4-3-5-8-16/h3-5,7-8,17-20H,6,9-15,23H2,1-2H3/t17-,18-,19+,20+,22-/m0/s1. The van der Waals surface area contributed by atoms with Crippen LogP contribution in [0.2, 0.25) is 0 Å². The SMILES string of the molecule is CC1(C)O[C@@]2([C@H]3CCC[C@@H](Cc4ccccc4)C3)CC[C@@H]1[C@H](N)C2. The molecule has 4 fully saturated rings. The smallest absolute Gasteiger partial charge is 0.0733 e. The molecule has 2 N–H and O–H groups in total. The summed E-state index contributed by atoms with van der Waals surface area (Å²) in [5.41, 5.74) is 8.08. The van der Waals surface area contributed by atoms with Crippen LogP contribution in [0.25, 0.3) is 0 Å². The molecule has 5 rings (SSSR count). The lowest BCUT2D eigenvalue weighted by molar-refractivity contribution is -0.268. The Morgan fingerprint density at radius 2 is 1.92 bits per heavy atom. The first kappa shape index (κ1) is 16.6. The molecule has 2 saturated heterocycles. The molecule has 5 atom stereocenters. The largest absolute Gasteiger partial charge is 0.368 e. The highest BCUT2D eigenvalue weighted by Gasteiger charge is 2.57. The summed E-state index contributed by atoms with van der Waals surface area (Å²) in [5.74, 6) is 2.05. The predicted molar refractivity (Wildman–Crippen MR) is 98.8 cm³/mol. The van der Waals surface area contributed by atoms with Crippen molar-refractivity contribution < 1.29 is 4.74 Å². The molecule has 2 nitrogen and oxygen atoms in total. The summed E-state index contributed by atoms with van der Waals surface area (Å²) >= 11 is 0. The van der Waals surface area contributed by atoms with E-state index in [4.69, 9.17) is 10.5 Å². The average molecular weight is 328 g/mol. The van der Waals surface area contributed by atoms with Gasteiger partial charge in [0.05, 0.1) is 11.2 Å². The summed E-state index contributed by atoms with van der Waals surface area (Å²) in [7, 11) is 0. The Morgan fingerprint density at radius 1 is 1.12 bits per heavy atom. The molecule has 0 radical (unpaired) electrons. The van der Waals surface area contributed by atoms with Crippen molar-refractivity contribution in [3.63, 3.8) is 0 Å². The fraction of sp³-hybridized carbons (Fsp3) is 0.727. The fourth-order valence-electron chi connectivity index (χ4n) is 6.17. The third kappa shape index (κ3) is 2.93. The zero-order chi connectivity index (χ0) is 16.8. The lowest BCUT2D eigenvalue weighted by Gasteiger charge is -2.61. The van der Waals surface area contributed by atoms with E-state index >= 15 is 0 Å². The van der Waals surface area contributed by atoms with E-state index in [0.29, 0.717) is 17.9 Å². The van der Waals surface area contributed by atoms with Gasteiger partial charge in [0.2, 0.25) is 0 Å². The zero-order valence-corrected chi connectivity index (χ0v) is 15.3. The Labute approximate surface area is 147 Å². The third-order valence-electron chi connectivity index (χ3n) is 7.23. The number of nitrogens with two attached hydrogens (primary N) is 1. The minimum absolute atomic E-state index is 0.0394. The van der Waals surface area contributed by atoms with E-state index in [0.717, 1.165) is 12.3 Å². The van der Waals surface area contributed by atoms with Gasteiger partial charge in [-0.05, 0) is 69.8 Å². The van der Waals surface area contributed by atoms with E-state index in [2.05, 4.69) is 44.2 Å². The molecule has 0 unspecified atom stereocenters. The van der Waals surface area contributed by atoms with Crippen molar-refractivity contribution in [2.75, 3.05) is 0 Å². The van der Waals surface area contributed by atoms with Gasteiger partial charge in [0.25, 0.3) is 0 Å². The van der Waals surface area contributed by atoms with Gasteiger partial charge in [-0.1, -0.05) is 43.2 Å². The van der Waals surface area contributed by atoms with Gasteiger partial charge in [0.1, 0.15) is 0 Å². The molecule has 2 saturated carbocycles. The Balaban J connectivity index is 1.49. The van der Waals surface area contributed by atoms with E-state index in [-0.39, 0.29) is 11.2 Å². The van der Waals surface area contributed by atoms with E-state index in [9.17, 15) is 0 Å². The van der Waals surface area contributed by atoms with E-state index in [1.165, 1.54) is 50.5 Å². The van der Waals surface area contributed by atoms with Gasteiger partial charge in [-0.25, -0.2) is 0 Å². The molecule has 2 aliphatic carbocycles. The summed E-state index contributed by atoms with van der Waals surface area (Å²) in [5, 5.41) is 0. The number of fused-ring (bicyclic) bond motifs is 3. The number of benzene rings is 1. The molecule has 4 aliphatic rings. The van der Waals surface area contributed by atoms with Crippen molar-refractivity contribution in [1.82, 2.24) is 0 Å². The number of hydrogen-bond donors (Lipinski definition) is 1. The van der Waals surface area contributed by atoms with E-state index < -0.39 is 0 Å². The minimum Gasteiger partial charge on any atom is -0.368 e. The second-order valence-electron chi connectivity index (χ2n) is 9.20. The van der Waals surface area contributed by atoms with Crippen molar-refractivity contribution in [3.05, 3.63) is 35.9 Å². The third-order valence-corrected chi connectivity index (χ3v) is 7.23.